The Kier molecular flexibility index (Phi) is 5.32. The number of pyridine rings is 1. The van der Waals surface area contributed by atoms with Gasteiger partial charge in [-0.3, -0.25) is 4.79 Å². The Morgan fingerprint density at radius 3 is 3.10 bits per heavy atom. The van der Waals surface area contributed by atoms with E-state index in [2.05, 4.69) is 35.7 Å². The zero-order chi connectivity index (χ0) is 15.2. The highest BCUT2D eigenvalue weighted by molar-refractivity contribution is 5.95. The van der Waals surface area contributed by atoms with Gasteiger partial charge in [-0.15, -0.1) is 0 Å². The highest BCUT2D eigenvalue weighted by Gasteiger charge is 2.26. The number of amides is 1. The second kappa shape index (κ2) is 7.21. The molecule has 1 saturated heterocycles. The lowest BCUT2D eigenvalue weighted by atomic mass is 10.1. The van der Waals surface area contributed by atoms with Gasteiger partial charge < -0.3 is 14.9 Å². The average molecular weight is 287 g/mol. The first kappa shape index (κ1) is 15.5. The van der Waals surface area contributed by atoms with Crippen LogP contribution in [0.4, 0.5) is 0 Å². The van der Waals surface area contributed by atoms with Gasteiger partial charge >= 0.3 is 0 Å². The molecule has 1 N–H and O–H groups in total. The van der Waals surface area contributed by atoms with Gasteiger partial charge in [0.1, 0.15) is 12.3 Å². The Bertz CT molecular complexity index is 562. The fourth-order valence-electron chi connectivity index (χ4n) is 2.62. The fourth-order valence-corrected chi connectivity index (χ4v) is 2.62. The Morgan fingerprint density at radius 1 is 1.52 bits per heavy atom. The first-order valence-corrected chi connectivity index (χ1v) is 7.17. The van der Waals surface area contributed by atoms with Gasteiger partial charge in [-0.25, -0.2) is 4.98 Å². The summed E-state index contributed by atoms with van der Waals surface area (Å²) in [4.78, 5) is 21.1. The fraction of sp³-hybridized carbons (Fsp3) is 0.500. The molecule has 1 fully saturated rings. The number of aliphatic hydroxyl groups excluding tert-OH is 1. The van der Waals surface area contributed by atoms with Gasteiger partial charge in [0.05, 0.1) is 5.56 Å². The Hall–Kier alpha value is -1.90. The van der Waals surface area contributed by atoms with Crippen LogP contribution in [0.15, 0.2) is 18.3 Å². The molecule has 0 bridgehead atoms. The lowest BCUT2D eigenvalue weighted by Gasteiger charge is -2.28. The van der Waals surface area contributed by atoms with Crippen molar-refractivity contribution in [2.75, 3.05) is 33.3 Å². The molecule has 2 rings (SSSR count). The zero-order valence-electron chi connectivity index (χ0n) is 12.5. The SMILES string of the molecule is CC1CN(C)CCCN1C(=O)c1ncccc1C#CCO. The molecular weight excluding hydrogens is 266 g/mol. The molecule has 0 saturated carbocycles. The molecule has 0 aromatic carbocycles. The van der Waals surface area contributed by atoms with Crippen molar-refractivity contribution in [3.8, 4) is 11.8 Å². The van der Waals surface area contributed by atoms with Gasteiger partial charge in [-0.05, 0) is 39.1 Å². The summed E-state index contributed by atoms with van der Waals surface area (Å²) >= 11 is 0. The van der Waals surface area contributed by atoms with Crippen molar-refractivity contribution in [1.29, 1.82) is 0 Å². The first-order chi connectivity index (χ1) is 10.1. The van der Waals surface area contributed by atoms with Crippen molar-refractivity contribution in [1.82, 2.24) is 14.8 Å². The number of hydrogen-bond acceptors (Lipinski definition) is 4. The number of aliphatic hydroxyl groups is 1. The minimum absolute atomic E-state index is 0.0827. The van der Waals surface area contributed by atoms with Gasteiger partial charge in [-0.1, -0.05) is 11.8 Å². The third kappa shape index (κ3) is 3.81. The highest BCUT2D eigenvalue weighted by atomic mass is 16.2. The zero-order valence-corrected chi connectivity index (χ0v) is 12.5. The summed E-state index contributed by atoms with van der Waals surface area (Å²) in [6.07, 6.45) is 2.56. The Labute approximate surface area is 125 Å². The molecule has 0 radical (unpaired) electrons. The molecule has 1 aromatic heterocycles. The summed E-state index contributed by atoms with van der Waals surface area (Å²) in [6.45, 7) is 4.41. The molecule has 1 aliphatic rings. The predicted octanol–water partition coefficient (Wildman–Crippen LogP) is 0.592. The molecule has 112 valence electrons. The summed E-state index contributed by atoms with van der Waals surface area (Å²) < 4.78 is 0. The minimum Gasteiger partial charge on any atom is -0.384 e. The van der Waals surface area contributed by atoms with E-state index in [4.69, 9.17) is 5.11 Å². The molecule has 0 aliphatic carbocycles. The van der Waals surface area contributed by atoms with E-state index in [0.29, 0.717) is 11.3 Å². The third-order valence-electron chi connectivity index (χ3n) is 3.62. The molecule has 0 spiro atoms. The van der Waals surface area contributed by atoms with E-state index in [1.807, 2.05) is 4.90 Å². The summed E-state index contributed by atoms with van der Waals surface area (Å²) in [5, 5.41) is 8.82. The number of carbonyl (C=O) groups is 1. The van der Waals surface area contributed by atoms with Gasteiger partial charge in [0.25, 0.3) is 5.91 Å². The number of carbonyl (C=O) groups excluding carboxylic acids is 1. The van der Waals surface area contributed by atoms with Crippen LogP contribution in [0.1, 0.15) is 29.4 Å². The maximum atomic E-state index is 12.8. The van der Waals surface area contributed by atoms with E-state index in [9.17, 15) is 4.79 Å². The topological polar surface area (TPSA) is 56.7 Å². The van der Waals surface area contributed by atoms with Crippen molar-refractivity contribution in [2.24, 2.45) is 0 Å². The lowest BCUT2D eigenvalue weighted by molar-refractivity contribution is 0.0690. The van der Waals surface area contributed by atoms with Gasteiger partial charge in [0.15, 0.2) is 0 Å². The van der Waals surface area contributed by atoms with Gasteiger partial charge in [0.2, 0.25) is 0 Å². The first-order valence-electron chi connectivity index (χ1n) is 7.17. The van der Waals surface area contributed by atoms with E-state index in [-0.39, 0.29) is 18.6 Å². The van der Waals surface area contributed by atoms with Crippen molar-refractivity contribution >= 4 is 5.91 Å². The maximum Gasteiger partial charge on any atom is 0.274 e. The summed E-state index contributed by atoms with van der Waals surface area (Å²) in [5.74, 6) is 5.30. The van der Waals surface area contributed by atoms with E-state index < -0.39 is 0 Å². The quantitative estimate of drug-likeness (QED) is 0.768. The van der Waals surface area contributed by atoms with Crippen LogP contribution in [0.5, 0.6) is 0 Å². The molecule has 1 aliphatic heterocycles. The van der Waals surface area contributed by atoms with Crippen molar-refractivity contribution < 1.29 is 9.90 Å². The molecule has 21 heavy (non-hydrogen) atoms. The van der Waals surface area contributed by atoms with Crippen LogP contribution in [0.2, 0.25) is 0 Å². The second-order valence-electron chi connectivity index (χ2n) is 5.32. The normalized spacial score (nSPS) is 19.6. The van der Waals surface area contributed by atoms with Crippen molar-refractivity contribution in [2.45, 2.75) is 19.4 Å². The largest absolute Gasteiger partial charge is 0.384 e. The smallest absolute Gasteiger partial charge is 0.274 e. The number of nitrogens with zero attached hydrogens (tertiary/aromatic N) is 3. The minimum atomic E-state index is -0.229. The molecule has 5 heteroatoms. The predicted molar refractivity (Wildman–Crippen MR) is 80.8 cm³/mol. The maximum absolute atomic E-state index is 12.8. The number of aromatic nitrogens is 1. The lowest BCUT2D eigenvalue weighted by Crippen LogP contribution is -2.42. The van der Waals surface area contributed by atoms with Crippen LogP contribution in [-0.2, 0) is 0 Å². The molecular formula is C16H21N3O2. The third-order valence-corrected chi connectivity index (χ3v) is 3.62. The van der Waals surface area contributed by atoms with Crippen LogP contribution in [0.25, 0.3) is 0 Å². The van der Waals surface area contributed by atoms with Crippen LogP contribution >= 0.6 is 0 Å². The molecule has 1 atom stereocenters. The summed E-state index contributed by atoms with van der Waals surface area (Å²) in [7, 11) is 2.07. The molecule has 5 nitrogen and oxygen atoms in total. The molecule has 1 amide bonds. The number of rotatable bonds is 1. The molecule has 2 heterocycles. The second-order valence-corrected chi connectivity index (χ2v) is 5.32. The van der Waals surface area contributed by atoms with Crippen LogP contribution in [-0.4, -0.2) is 65.1 Å². The summed E-state index contributed by atoms with van der Waals surface area (Å²) in [5.41, 5.74) is 0.941. The van der Waals surface area contributed by atoms with E-state index in [1.54, 1.807) is 18.3 Å². The number of hydrogen-bond donors (Lipinski definition) is 1. The van der Waals surface area contributed by atoms with E-state index in [1.165, 1.54) is 0 Å². The van der Waals surface area contributed by atoms with Gasteiger partial charge in [-0.2, -0.15) is 0 Å². The standard InChI is InChI=1S/C16H21N3O2/c1-13-12-18(2)9-5-10-19(13)16(21)15-14(7-4-11-20)6-3-8-17-15/h3,6,8,13,20H,5,9-12H2,1-2H3. The van der Waals surface area contributed by atoms with E-state index in [0.717, 1.165) is 26.1 Å². The van der Waals surface area contributed by atoms with Crippen molar-refractivity contribution in [3.63, 3.8) is 0 Å². The average Bonchev–Trinajstić information content (AvgIpc) is 2.65. The highest BCUT2D eigenvalue weighted by Crippen LogP contribution is 2.14. The number of likely N-dealkylation sites (N-methyl/N-ethyl adjacent to an activating group) is 1. The Balaban J connectivity index is 2.27. The van der Waals surface area contributed by atoms with E-state index >= 15 is 0 Å². The van der Waals surface area contributed by atoms with Crippen molar-refractivity contribution in [3.05, 3.63) is 29.6 Å². The van der Waals surface area contributed by atoms with Crippen LogP contribution in [0.3, 0.4) is 0 Å². The molecule has 1 unspecified atom stereocenters. The van der Waals surface area contributed by atoms with Gasteiger partial charge in [0, 0.05) is 25.3 Å². The monoisotopic (exact) mass is 287 g/mol. The summed E-state index contributed by atoms with van der Waals surface area (Å²) in [6, 6.07) is 3.65. The van der Waals surface area contributed by atoms with Crippen LogP contribution < -0.4 is 0 Å². The molecule has 1 aromatic rings. The Morgan fingerprint density at radius 2 is 2.33 bits per heavy atom. The van der Waals surface area contributed by atoms with Crippen LogP contribution in [0, 0.1) is 11.8 Å².